The Bertz CT molecular complexity index is 453. The fourth-order valence-electron chi connectivity index (χ4n) is 1.27. The highest BCUT2D eigenvalue weighted by molar-refractivity contribution is 8.04. The highest BCUT2D eigenvalue weighted by Crippen LogP contribution is 2.15. The molecule has 4 heteroatoms. The van der Waals surface area contributed by atoms with Crippen LogP contribution < -0.4 is 0 Å². The summed E-state index contributed by atoms with van der Waals surface area (Å²) in [6, 6.07) is 9.18. The maximum absolute atomic E-state index is 11.0. The Labute approximate surface area is 98.7 Å². The molecule has 0 aliphatic rings. The molecule has 1 aromatic carbocycles. The monoisotopic (exact) mass is 230 g/mol. The van der Waals surface area contributed by atoms with Crippen molar-refractivity contribution < 1.29 is 4.79 Å². The van der Waals surface area contributed by atoms with E-state index >= 15 is 0 Å². The summed E-state index contributed by atoms with van der Waals surface area (Å²) in [6.07, 6.45) is 0.521. The van der Waals surface area contributed by atoms with E-state index in [1.54, 1.807) is 12.1 Å². The van der Waals surface area contributed by atoms with Crippen LogP contribution in [0.15, 0.2) is 24.3 Å². The SMILES string of the molecule is CC(=O)c1ccc(C[C@@H](C#N)SC#N)cc1. The van der Waals surface area contributed by atoms with Gasteiger partial charge in [0.15, 0.2) is 5.78 Å². The topological polar surface area (TPSA) is 64.7 Å². The Morgan fingerprint density at radius 3 is 2.44 bits per heavy atom. The molecule has 0 heterocycles. The lowest BCUT2D eigenvalue weighted by Gasteiger charge is -2.04. The van der Waals surface area contributed by atoms with Gasteiger partial charge in [0.2, 0.25) is 0 Å². The zero-order valence-electron chi connectivity index (χ0n) is 8.80. The van der Waals surface area contributed by atoms with E-state index in [0.717, 1.165) is 17.3 Å². The van der Waals surface area contributed by atoms with Crippen molar-refractivity contribution in [2.75, 3.05) is 0 Å². The molecule has 0 saturated carbocycles. The first-order valence-corrected chi connectivity index (χ1v) is 5.59. The van der Waals surface area contributed by atoms with Crippen LogP contribution in [0.2, 0.25) is 0 Å². The molecule has 0 aliphatic carbocycles. The van der Waals surface area contributed by atoms with Crippen LogP contribution in [0.1, 0.15) is 22.8 Å². The number of Topliss-reactive ketones (excluding diaryl/α,β-unsaturated/α-hetero) is 1. The third kappa shape index (κ3) is 3.42. The van der Waals surface area contributed by atoms with Gasteiger partial charge in [0, 0.05) is 5.56 Å². The van der Waals surface area contributed by atoms with Gasteiger partial charge in [-0.05, 0) is 30.7 Å². The third-order valence-corrected chi connectivity index (χ3v) is 2.78. The van der Waals surface area contributed by atoms with E-state index in [1.165, 1.54) is 6.92 Å². The van der Waals surface area contributed by atoms with Crippen LogP contribution in [-0.2, 0) is 6.42 Å². The summed E-state index contributed by atoms with van der Waals surface area (Å²) < 4.78 is 0. The first kappa shape index (κ1) is 12.3. The maximum Gasteiger partial charge on any atom is 0.159 e. The molecule has 0 aromatic heterocycles. The zero-order chi connectivity index (χ0) is 12.0. The van der Waals surface area contributed by atoms with Crippen molar-refractivity contribution in [3.05, 3.63) is 35.4 Å². The van der Waals surface area contributed by atoms with Gasteiger partial charge in [0.05, 0.1) is 6.07 Å². The van der Waals surface area contributed by atoms with Gasteiger partial charge in [-0.3, -0.25) is 4.79 Å². The van der Waals surface area contributed by atoms with E-state index < -0.39 is 0 Å². The van der Waals surface area contributed by atoms with E-state index in [9.17, 15) is 4.79 Å². The summed E-state index contributed by atoms with van der Waals surface area (Å²) in [5.74, 6) is 0.0229. The fourth-order valence-corrected chi connectivity index (χ4v) is 1.72. The van der Waals surface area contributed by atoms with Crippen LogP contribution in [0, 0.1) is 22.0 Å². The van der Waals surface area contributed by atoms with Gasteiger partial charge in [-0.2, -0.15) is 10.5 Å². The smallest absolute Gasteiger partial charge is 0.159 e. The number of nitriles is 2. The third-order valence-electron chi connectivity index (χ3n) is 2.12. The number of thiocyanates is 1. The largest absolute Gasteiger partial charge is 0.295 e. The van der Waals surface area contributed by atoms with Gasteiger partial charge >= 0.3 is 0 Å². The molecule has 0 radical (unpaired) electrons. The molecule has 0 bridgehead atoms. The van der Waals surface area contributed by atoms with E-state index in [4.69, 9.17) is 10.5 Å². The van der Waals surface area contributed by atoms with Crippen LogP contribution in [-0.4, -0.2) is 11.0 Å². The molecule has 16 heavy (non-hydrogen) atoms. The minimum absolute atomic E-state index is 0.0229. The minimum Gasteiger partial charge on any atom is -0.295 e. The lowest BCUT2D eigenvalue weighted by Crippen LogP contribution is -2.03. The Kier molecular flexibility index (Phi) is 4.57. The summed E-state index contributed by atoms with van der Waals surface area (Å²) in [4.78, 5) is 11.0. The minimum atomic E-state index is -0.354. The molecular weight excluding hydrogens is 220 g/mol. The molecule has 0 spiro atoms. The molecule has 80 valence electrons. The van der Waals surface area contributed by atoms with Crippen molar-refractivity contribution in [3.63, 3.8) is 0 Å². The summed E-state index contributed by atoms with van der Waals surface area (Å²) in [5, 5.41) is 18.8. The van der Waals surface area contributed by atoms with Crippen LogP contribution in [0.5, 0.6) is 0 Å². The number of hydrogen-bond acceptors (Lipinski definition) is 4. The molecular formula is C12H10N2OS. The van der Waals surface area contributed by atoms with Crippen molar-refractivity contribution in [1.82, 2.24) is 0 Å². The predicted octanol–water partition coefficient (Wildman–Crippen LogP) is 2.54. The first-order chi connectivity index (χ1) is 7.67. The second-order valence-corrected chi connectivity index (χ2v) is 4.27. The van der Waals surface area contributed by atoms with Gasteiger partial charge in [-0.1, -0.05) is 24.3 Å². The average Bonchev–Trinajstić information content (AvgIpc) is 2.29. The van der Waals surface area contributed by atoms with Gasteiger partial charge in [0.25, 0.3) is 0 Å². The lowest BCUT2D eigenvalue weighted by atomic mass is 10.1. The number of rotatable bonds is 4. The van der Waals surface area contributed by atoms with E-state index in [-0.39, 0.29) is 11.0 Å². The van der Waals surface area contributed by atoms with E-state index in [1.807, 2.05) is 17.5 Å². The van der Waals surface area contributed by atoms with Crippen LogP contribution >= 0.6 is 11.8 Å². The molecule has 3 nitrogen and oxygen atoms in total. The zero-order valence-corrected chi connectivity index (χ0v) is 9.62. The van der Waals surface area contributed by atoms with Crippen molar-refractivity contribution in [3.8, 4) is 11.5 Å². The lowest BCUT2D eigenvalue weighted by molar-refractivity contribution is 0.101. The van der Waals surface area contributed by atoms with Crippen molar-refractivity contribution in [2.24, 2.45) is 0 Å². The van der Waals surface area contributed by atoms with Crippen LogP contribution in [0.4, 0.5) is 0 Å². The van der Waals surface area contributed by atoms with E-state index in [2.05, 4.69) is 6.07 Å². The molecule has 0 amide bonds. The molecule has 0 unspecified atom stereocenters. The number of carbonyl (C=O) groups is 1. The number of thioether (sulfide) groups is 1. The van der Waals surface area contributed by atoms with E-state index in [0.29, 0.717) is 12.0 Å². The molecule has 1 aromatic rings. The van der Waals surface area contributed by atoms with Crippen molar-refractivity contribution in [2.45, 2.75) is 18.6 Å². The molecule has 0 fully saturated rings. The first-order valence-electron chi connectivity index (χ1n) is 4.71. The van der Waals surface area contributed by atoms with Gasteiger partial charge < -0.3 is 0 Å². The highest BCUT2D eigenvalue weighted by Gasteiger charge is 2.09. The molecule has 1 atom stereocenters. The quantitative estimate of drug-likeness (QED) is 0.589. The van der Waals surface area contributed by atoms with Gasteiger partial charge in [-0.15, -0.1) is 0 Å². The van der Waals surface area contributed by atoms with Crippen molar-refractivity contribution >= 4 is 17.5 Å². The number of benzene rings is 1. The molecule has 1 rings (SSSR count). The Morgan fingerprint density at radius 1 is 1.38 bits per heavy atom. The Balaban J connectivity index is 2.73. The Morgan fingerprint density at radius 2 is 2.00 bits per heavy atom. The Hall–Kier alpha value is -1.78. The highest BCUT2D eigenvalue weighted by atomic mass is 32.2. The standard InChI is InChI=1S/C12H10N2OS/c1-9(15)11-4-2-10(3-5-11)6-12(7-13)16-8-14/h2-5,12H,6H2,1H3/t12-/m0/s1. The number of ketones is 1. The van der Waals surface area contributed by atoms with Crippen LogP contribution in [0.3, 0.4) is 0 Å². The maximum atomic E-state index is 11.0. The molecule has 0 saturated heterocycles. The summed E-state index contributed by atoms with van der Waals surface area (Å²) in [5.41, 5.74) is 1.62. The predicted molar refractivity (Wildman–Crippen MR) is 62.8 cm³/mol. The second kappa shape index (κ2) is 5.95. The normalized spacial score (nSPS) is 11.2. The molecule has 0 aliphatic heterocycles. The van der Waals surface area contributed by atoms with Crippen molar-refractivity contribution in [1.29, 1.82) is 10.5 Å². The fraction of sp³-hybridized carbons (Fsp3) is 0.250. The number of nitrogens with zero attached hydrogens (tertiary/aromatic N) is 2. The number of hydrogen-bond donors (Lipinski definition) is 0. The molecule has 0 N–H and O–H groups in total. The second-order valence-electron chi connectivity index (χ2n) is 3.28. The van der Waals surface area contributed by atoms with Gasteiger partial charge in [0.1, 0.15) is 10.7 Å². The summed E-state index contributed by atoms with van der Waals surface area (Å²) in [7, 11) is 0. The average molecular weight is 230 g/mol. The summed E-state index contributed by atoms with van der Waals surface area (Å²) >= 11 is 0.959. The number of carbonyl (C=O) groups excluding carboxylic acids is 1. The van der Waals surface area contributed by atoms with Gasteiger partial charge in [-0.25, -0.2) is 0 Å². The summed E-state index contributed by atoms with van der Waals surface area (Å²) in [6.45, 7) is 1.51. The van der Waals surface area contributed by atoms with Crippen LogP contribution in [0.25, 0.3) is 0 Å².